The van der Waals surface area contributed by atoms with E-state index in [1.165, 1.54) is 11.1 Å². The van der Waals surface area contributed by atoms with E-state index in [0.29, 0.717) is 13.2 Å². The zero-order valence-corrected chi connectivity index (χ0v) is 14.5. The predicted octanol–water partition coefficient (Wildman–Crippen LogP) is 3.51. The average Bonchev–Trinajstić information content (AvgIpc) is 2.64. The molecule has 2 N–H and O–H groups in total. The molecule has 132 valence electrons. The lowest BCUT2D eigenvalue weighted by Crippen LogP contribution is -2.04. The maximum Gasteiger partial charge on any atom is 0.0805 e. The first kappa shape index (κ1) is 20.3. The van der Waals surface area contributed by atoms with E-state index in [1.54, 1.807) is 0 Å². The predicted molar refractivity (Wildman–Crippen MR) is 95.8 cm³/mol. The SMILES string of the molecule is CC(OC(C)c1ccccc1)c1ccccc1.OCCOCCO. The van der Waals surface area contributed by atoms with Crippen LogP contribution in [0.3, 0.4) is 0 Å². The second-order valence-electron chi connectivity index (χ2n) is 5.30. The van der Waals surface area contributed by atoms with Crippen molar-refractivity contribution in [3.05, 3.63) is 71.8 Å². The summed E-state index contributed by atoms with van der Waals surface area (Å²) in [6.45, 7) is 4.88. The van der Waals surface area contributed by atoms with Crippen molar-refractivity contribution < 1.29 is 19.7 Å². The third kappa shape index (κ3) is 8.22. The van der Waals surface area contributed by atoms with Crippen LogP contribution in [0.25, 0.3) is 0 Å². The summed E-state index contributed by atoms with van der Waals surface area (Å²) in [7, 11) is 0. The lowest BCUT2D eigenvalue weighted by atomic mass is 10.1. The average molecular weight is 332 g/mol. The van der Waals surface area contributed by atoms with Gasteiger partial charge in [0.2, 0.25) is 0 Å². The number of hydrogen-bond donors (Lipinski definition) is 2. The van der Waals surface area contributed by atoms with E-state index >= 15 is 0 Å². The van der Waals surface area contributed by atoms with Crippen LogP contribution >= 0.6 is 0 Å². The molecule has 2 aromatic carbocycles. The minimum atomic E-state index is 0.0278. The van der Waals surface area contributed by atoms with Crippen LogP contribution < -0.4 is 0 Å². The van der Waals surface area contributed by atoms with Crippen LogP contribution in [0.15, 0.2) is 60.7 Å². The van der Waals surface area contributed by atoms with Gasteiger partial charge in [0.25, 0.3) is 0 Å². The smallest absolute Gasteiger partial charge is 0.0805 e. The molecule has 0 fully saturated rings. The van der Waals surface area contributed by atoms with E-state index in [0.717, 1.165) is 0 Å². The molecule has 4 nitrogen and oxygen atoms in total. The van der Waals surface area contributed by atoms with Gasteiger partial charge in [0.05, 0.1) is 38.6 Å². The Balaban J connectivity index is 0.000000351. The summed E-state index contributed by atoms with van der Waals surface area (Å²) >= 11 is 0. The van der Waals surface area contributed by atoms with Gasteiger partial charge in [-0.15, -0.1) is 0 Å². The summed E-state index contributed by atoms with van der Waals surface area (Å²) in [4.78, 5) is 0. The van der Waals surface area contributed by atoms with Gasteiger partial charge >= 0.3 is 0 Å². The fourth-order valence-electron chi connectivity index (χ4n) is 2.14. The molecule has 0 aliphatic heterocycles. The number of rotatable bonds is 8. The van der Waals surface area contributed by atoms with Crippen LogP contribution in [0.5, 0.6) is 0 Å². The monoisotopic (exact) mass is 332 g/mol. The topological polar surface area (TPSA) is 58.9 Å². The summed E-state index contributed by atoms with van der Waals surface area (Å²) in [6, 6.07) is 20.6. The number of aliphatic hydroxyl groups is 2. The summed E-state index contributed by atoms with van der Waals surface area (Å²) in [5, 5.41) is 16.2. The van der Waals surface area contributed by atoms with Crippen molar-refractivity contribution in [2.75, 3.05) is 26.4 Å². The minimum absolute atomic E-state index is 0.0278. The lowest BCUT2D eigenvalue weighted by molar-refractivity contribution is 0.00586. The molecular weight excluding hydrogens is 304 g/mol. The van der Waals surface area contributed by atoms with Crippen LogP contribution in [0.1, 0.15) is 37.2 Å². The third-order valence-electron chi connectivity index (χ3n) is 3.42. The molecule has 0 spiro atoms. The Hall–Kier alpha value is -1.72. The second kappa shape index (κ2) is 12.7. The Morgan fingerprint density at radius 1 is 0.708 bits per heavy atom. The summed E-state index contributed by atoms with van der Waals surface area (Å²) in [6.07, 6.45) is 0.234. The first-order chi connectivity index (χ1) is 11.7. The van der Waals surface area contributed by atoms with Gasteiger partial charge < -0.3 is 19.7 Å². The van der Waals surface area contributed by atoms with E-state index in [4.69, 9.17) is 14.9 Å². The van der Waals surface area contributed by atoms with Crippen LogP contribution in [0.4, 0.5) is 0 Å². The minimum Gasteiger partial charge on any atom is -0.394 e. The number of benzene rings is 2. The van der Waals surface area contributed by atoms with Crippen molar-refractivity contribution in [3.63, 3.8) is 0 Å². The highest BCUT2D eigenvalue weighted by Crippen LogP contribution is 2.25. The van der Waals surface area contributed by atoms with Crippen molar-refractivity contribution in [3.8, 4) is 0 Å². The van der Waals surface area contributed by atoms with E-state index in [2.05, 4.69) is 42.8 Å². The molecule has 2 unspecified atom stereocenters. The van der Waals surface area contributed by atoms with Gasteiger partial charge in [0.15, 0.2) is 0 Å². The fraction of sp³-hybridized carbons (Fsp3) is 0.400. The van der Waals surface area contributed by atoms with Crippen LogP contribution in [-0.4, -0.2) is 36.6 Å². The van der Waals surface area contributed by atoms with E-state index in [-0.39, 0.29) is 25.4 Å². The zero-order chi connectivity index (χ0) is 17.6. The van der Waals surface area contributed by atoms with Crippen LogP contribution in [0.2, 0.25) is 0 Å². The number of hydrogen-bond acceptors (Lipinski definition) is 4. The highest BCUT2D eigenvalue weighted by Gasteiger charge is 2.11. The molecule has 0 amide bonds. The van der Waals surface area contributed by atoms with Gasteiger partial charge in [-0.3, -0.25) is 0 Å². The standard InChI is InChI=1S/C16H18O.C4H10O3/c1-13(15-9-5-3-6-10-15)17-14(2)16-11-7-4-8-12-16;5-1-3-7-4-2-6/h3-14H,1-2H3;5-6H,1-4H2. The normalized spacial score (nSPS) is 12.8. The molecule has 0 saturated carbocycles. The fourth-order valence-corrected chi connectivity index (χ4v) is 2.14. The molecule has 0 heterocycles. The molecular formula is C20H28O4. The maximum atomic E-state index is 8.09. The van der Waals surface area contributed by atoms with Crippen LogP contribution in [-0.2, 0) is 9.47 Å². The molecule has 2 rings (SSSR count). The number of ether oxygens (including phenoxy) is 2. The Morgan fingerprint density at radius 2 is 1.08 bits per heavy atom. The van der Waals surface area contributed by atoms with Crippen molar-refractivity contribution in [1.82, 2.24) is 0 Å². The first-order valence-corrected chi connectivity index (χ1v) is 8.23. The third-order valence-corrected chi connectivity index (χ3v) is 3.42. The van der Waals surface area contributed by atoms with Crippen molar-refractivity contribution in [2.45, 2.75) is 26.1 Å². The maximum absolute atomic E-state index is 8.09. The molecule has 0 aliphatic carbocycles. The van der Waals surface area contributed by atoms with Crippen molar-refractivity contribution >= 4 is 0 Å². The van der Waals surface area contributed by atoms with Gasteiger partial charge in [0.1, 0.15) is 0 Å². The van der Waals surface area contributed by atoms with Crippen molar-refractivity contribution in [1.29, 1.82) is 0 Å². The van der Waals surface area contributed by atoms with Gasteiger partial charge in [-0.25, -0.2) is 0 Å². The van der Waals surface area contributed by atoms with Gasteiger partial charge in [-0.05, 0) is 25.0 Å². The van der Waals surface area contributed by atoms with E-state index in [1.807, 2.05) is 36.4 Å². The molecule has 0 bridgehead atoms. The van der Waals surface area contributed by atoms with E-state index < -0.39 is 0 Å². The highest BCUT2D eigenvalue weighted by molar-refractivity contribution is 5.19. The molecule has 24 heavy (non-hydrogen) atoms. The Bertz CT molecular complexity index is 468. The summed E-state index contributed by atoms with van der Waals surface area (Å²) in [5.41, 5.74) is 2.44. The molecule has 2 atom stereocenters. The largest absolute Gasteiger partial charge is 0.394 e. The zero-order valence-electron chi connectivity index (χ0n) is 14.5. The molecule has 0 saturated heterocycles. The molecule has 0 aromatic heterocycles. The Labute approximate surface area is 144 Å². The Kier molecular flexibility index (Phi) is 10.7. The second-order valence-corrected chi connectivity index (χ2v) is 5.30. The number of aliphatic hydroxyl groups excluding tert-OH is 2. The summed E-state index contributed by atoms with van der Waals surface area (Å²) in [5.74, 6) is 0. The first-order valence-electron chi connectivity index (χ1n) is 8.23. The molecule has 0 radical (unpaired) electrons. The molecule has 0 aliphatic rings. The van der Waals surface area contributed by atoms with Gasteiger partial charge in [-0.2, -0.15) is 0 Å². The molecule has 4 heteroatoms. The summed E-state index contributed by atoms with van der Waals surface area (Å²) < 4.78 is 10.7. The quantitative estimate of drug-likeness (QED) is 0.726. The van der Waals surface area contributed by atoms with Crippen LogP contribution in [0, 0.1) is 0 Å². The van der Waals surface area contributed by atoms with Crippen molar-refractivity contribution in [2.24, 2.45) is 0 Å². The van der Waals surface area contributed by atoms with Gasteiger partial charge in [-0.1, -0.05) is 60.7 Å². The Morgan fingerprint density at radius 3 is 1.42 bits per heavy atom. The van der Waals surface area contributed by atoms with Gasteiger partial charge in [0, 0.05) is 0 Å². The lowest BCUT2D eigenvalue weighted by Gasteiger charge is -2.19. The van der Waals surface area contributed by atoms with E-state index in [9.17, 15) is 0 Å². The molecule has 2 aromatic rings. The highest BCUT2D eigenvalue weighted by atomic mass is 16.5.